The first-order chi connectivity index (χ1) is 8.15. The number of hydrogen-bond donors (Lipinski definition) is 2. The third-order valence-corrected chi connectivity index (χ3v) is 2.95. The van der Waals surface area contributed by atoms with Crippen molar-refractivity contribution in [2.45, 2.75) is 31.8 Å². The Hall–Kier alpha value is -1.55. The van der Waals surface area contributed by atoms with E-state index in [0.717, 1.165) is 24.2 Å². The topological polar surface area (TPSA) is 64.3 Å². The summed E-state index contributed by atoms with van der Waals surface area (Å²) in [5, 5.41) is 2.86. The van der Waals surface area contributed by atoms with Crippen LogP contribution in [0.3, 0.4) is 0 Å². The van der Waals surface area contributed by atoms with Crippen LogP contribution in [0.4, 0.5) is 0 Å². The number of benzene rings is 1. The molecule has 4 heteroatoms. The van der Waals surface area contributed by atoms with Gasteiger partial charge in [-0.25, -0.2) is 0 Å². The molecule has 4 nitrogen and oxygen atoms in total. The first kappa shape index (κ1) is 11.9. The Morgan fingerprint density at radius 1 is 1.47 bits per heavy atom. The molecule has 0 aliphatic heterocycles. The maximum absolute atomic E-state index is 11.7. The number of carbonyl (C=O) groups excluding carboxylic acids is 1. The van der Waals surface area contributed by atoms with Crippen LogP contribution in [0, 0.1) is 0 Å². The lowest BCUT2D eigenvalue weighted by atomic mass is 10.2. The lowest BCUT2D eigenvalue weighted by Crippen LogP contribution is -2.42. The number of amides is 1. The molecule has 3 N–H and O–H groups in total. The van der Waals surface area contributed by atoms with Gasteiger partial charge in [-0.3, -0.25) is 4.79 Å². The molecule has 1 saturated carbocycles. The van der Waals surface area contributed by atoms with Crippen LogP contribution in [-0.4, -0.2) is 18.1 Å². The van der Waals surface area contributed by atoms with Gasteiger partial charge in [0.05, 0.1) is 12.1 Å². The second-order valence-corrected chi connectivity index (χ2v) is 4.38. The van der Waals surface area contributed by atoms with Crippen LogP contribution in [-0.2, 0) is 11.3 Å². The van der Waals surface area contributed by atoms with Crippen molar-refractivity contribution in [3.05, 3.63) is 29.8 Å². The van der Waals surface area contributed by atoms with Gasteiger partial charge in [-0.1, -0.05) is 18.2 Å². The summed E-state index contributed by atoms with van der Waals surface area (Å²) < 4.78 is 5.49. The van der Waals surface area contributed by atoms with Gasteiger partial charge in [0, 0.05) is 12.1 Å². The lowest BCUT2D eigenvalue weighted by Gasteiger charge is -2.13. The minimum Gasteiger partial charge on any atom is -0.494 e. The fraction of sp³-hybridized carbons (Fsp3) is 0.462. The van der Waals surface area contributed by atoms with E-state index in [1.165, 1.54) is 0 Å². The number of carbonyl (C=O) groups is 1. The standard InChI is InChI=1S/C13H18N2O2/c1-2-17-11-6-4-3-5-10(11)9-15-12(16)13(14)7-8-13/h3-6H,2,7-9,14H2,1H3,(H,15,16). The van der Waals surface area contributed by atoms with E-state index in [-0.39, 0.29) is 5.91 Å². The molecule has 0 heterocycles. The number of para-hydroxylation sites is 1. The molecule has 1 aromatic carbocycles. The van der Waals surface area contributed by atoms with E-state index in [2.05, 4.69) is 5.32 Å². The average Bonchev–Trinajstić information content (AvgIpc) is 3.08. The Balaban J connectivity index is 1.96. The maximum atomic E-state index is 11.7. The van der Waals surface area contributed by atoms with Crippen LogP contribution in [0.1, 0.15) is 25.3 Å². The van der Waals surface area contributed by atoms with E-state index in [1.54, 1.807) is 0 Å². The molecule has 17 heavy (non-hydrogen) atoms. The molecule has 1 aliphatic rings. The van der Waals surface area contributed by atoms with E-state index in [9.17, 15) is 4.79 Å². The molecule has 0 bridgehead atoms. The molecule has 2 rings (SSSR count). The molecule has 1 aromatic rings. The van der Waals surface area contributed by atoms with E-state index >= 15 is 0 Å². The lowest BCUT2D eigenvalue weighted by molar-refractivity contribution is -0.123. The predicted molar refractivity (Wildman–Crippen MR) is 65.6 cm³/mol. The molecule has 0 unspecified atom stereocenters. The zero-order valence-electron chi connectivity index (χ0n) is 10.0. The average molecular weight is 234 g/mol. The summed E-state index contributed by atoms with van der Waals surface area (Å²) in [4.78, 5) is 11.7. The van der Waals surface area contributed by atoms with Crippen molar-refractivity contribution in [2.75, 3.05) is 6.61 Å². The number of ether oxygens (including phenoxy) is 1. The van der Waals surface area contributed by atoms with Gasteiger partial charge in [0.15, 0.2) is 0 Å². The molecule has 0 atom stereocenters. The Morgan fingerprint density at radius 3 is 2.82 bits per heavy atom. The largest absolute Gasteiger partial charge is 0.494 e. The van der Waals surface area contributed by atoms with E-state index < -0.39 is 5.54 Å². The third kappa shape index (κ3) is 2.77. The van der Waals surface area contributed by atoms with E-state index in [4.69, 9.17) is 10.5 Å². The van der Waals surface area contributed by atoms with Crippen molar-refractivity contribution in [1.29, 1.82) is 0 Å². The first-order valence-corrected chi connectivity index (χ1v) is 5.93. The van der Waals surface area contributed by atoms with Crippen molar-refractivity contribution in [3.63, 3.8) is 0 Å². The molecule has 1 fully saturated rings. The summed E-state index contributed by atoms with van der Waals surface area (Å²) in [7, 11) is 0. The highest BCUT2D eigenvalue weighted by molar-refractivity contribution is 5.88. The zero-order valence-corrected chi connectivity index (χ0v) is 10.0. The van der Waals surface area contributed by atoms with Gasteiger partial charge in [0.2, 0.25) is 5.91 Å². The Morgan fingerprint density at radius 2 is 2.18 bits per heavy atom. The first-order valence-electron chi connectivity index (χ1n) is 5.93. The van der Waals surface area contributed by atoms with Crippen molar-refractivity contribution < 1.29 is 9.53 Å². The number of nitrogens with one attached hydrogen (secondary N) is 1. The highest BCUT2D eigenvalue weighted by atomic mass is 16.5. The van der Waals surface area contributed by atoms with Crippen molar-refractivity contribution in [1.82, 2.24) is 5.32 Å². The van der Waals surface area contributed by atoms with Gasteiger partial charge in [0.25, 0.3) is 0 Å². The summed E-state index contributed by atoms with van der Waals surface area (Å²) in [6.45, 7) is 3.02. The molecule has 0 spiro atoms. The van der Waals surface area contributed by atoms with Gasteiger partial charge >= 0.3 is 0 Å². The smallest absolute Gasteiger partial charge is 0.240 e. The van der Waals surface area contributed by atoms with Gasteiger partial charge < -0.3 is 15.8 Å². The minimum absolute atomic E-state index is 0.0659. The minimum atomic E-state index is -0.611. The van der Waals surface area contributed by atoms with Crippen LogP contribution >= 0.6 is 0 Å². The number of hydrogen-bond acceptors (Lipinski definition) is 3. The van der Waals surface area contributed by atoms with Gasteiger partial charge in [-0.2, -0.15) is 0 Å². The predicted octanol–water partition coefficient (Wildman–Crippen LogP) is 1.19. The molecule has 92 valence electrons. The van der Waals surface area contributed by atoms with Crippen LogP contribution in [0.2, 0.25) is 0 Å². The summed E-state index contributed by atoms with van der Waals surface area (Å²) in [6, 6.07) is 7.70. The number of nitrogens with two attached hydrogens (primary N) is 1. The molecule has 0 radical (unpaired) electrons. The van der Waals surface area contributed by atoms with Crippen molar-refractivity contribution >= 4 is 5.91 Å². The molecular weight excluding hydrogens is 216 g/mol. The second-order valence-electron chi connectivity index (χ2n) is 4.38. The number of rotatable bonds is 5. The van der Waals surface area contributed by atoms with Crippen LogP contribution in [0.25, 0.3) is 0 Å². The zero-order chi connectivity index (χ0) is 12.3. The highest BCUT2D eigenvalue weighted by Gasteiger charge is 2.45. The third-order valence-electron chi connectivity index (χ3n) is 2.95. The molecule has 1 amide bonds. The van der Waals surface area contributed by atoms with Crippen molar-refractivity contribution in [2.24, 2.45) is 5.73 Å². The molecule has 1 aliphatic carbocycles. The van der Waals surface area contributed by atoms with Crippen molar-refractivity contribution in [3.8, 4) is 5.75 Å². The second kappa shape index (κ2) is 4.75. The highest BCUT2D eigenvalue weighted by Crippen LogP contribution is 2.32. The summed E-state index contributed by atoms with van der Waals surface area (Å²) in [6.07, 6.45) is 1.57. The quantitative estimate of drug-likeness (QED) is 0.804. The monoisotopic (exact) mass is 234 g/mol. The Labute approximate surface area is 101 Å². The molecule has 0 saturated heterocycles. The Bertz CT molecular complexity index is 414. The fourth-order valence-corrected chi connectivity index (χ4v) is 1.66. The molecule has 0 aromatic heterocycles. The van der Waals surface area contributed by atoms with E-state index in [0.29, 0.717) is 13.2 Å². The van der Waals surface area contributed by atoms with Crippen LogP contribution < -0.4 is 15.8 Å². The van der Waals surface area contributed by atoms with Gasteiger partial charge in [0.1, 0.15) is 5.75 Å². The summed E-state index contributed by atoms with van der Waals surface area (Å²) >= 11 is 0. The Kier molecular flexibility index (Phi) is 3.33. The summed E-state index contributed by atoms with van der Waals surface area (Å²) in [5.41, 5.74) is 6.18. The van der Waals surface area contributed by atoms with Gasteiger partial charge in [-0.05, 0) is 25.8 Å². The van der Waals surface area contributed by atoms with Crippen LogP contribution in [0.5, 0.6) is 5.75 Å². The van der Waals surface area contributed by atoms with E-state index in [1.807, 2.05) is 31.2 Å². The van der Waals surface area contributed by atoms with Crippen LogP contribution in [0.15, 0.2) is 24.3 Å². The maximum Gasteiger partial charge on any atom is 0.240 e. The molecular formula is C13H18N2O2. The SMILES string of the molecule is CCOc1ccccc1CNC(=O)C1(N)CC1. The van der Waals surface area contributed by atoms with Gasteiger partial charge in [-0.15, -0.1) is 0 Å². The fourth-order valence-electron chi connectivity index (χ4n) is 1.66. The summed E-state index contributed by atoms with van der Waals surface area (Å²) in [5.74, 6) is 0.751. The normalized spacial score (nSPS) is 16.4.